The second-order valence-electron chi connectivity index (χ2n) is 4.94. The number of nitro groups is 1. The van der Waals surface area contributed by atoms with Gasteiger partial charge in [0.25, 0.3) is 5.69 Å². The highest BCUT2D eigenvalue weighted by Gasteiger charge is 2.27. The number of para-hydroxylation sites is 1. The third-order valence-corrected chi connectivity index (χ3v) is 3.64. The van der Waals surface area contributed by atoms with Crippen molar-refractivity contribution in [2.45, 2.75) is 13.0 Å². The highest BCUT2D eigenvalue weighted by molar-refractivity contribution is 5.77. The lowest BCUT2D eigenvalue weighted by molar-refractivity contribution is -0.384. The molecule has 1 amide bonds. The number of hydrogen-bond donors (Lipinski definition) is 2. The number of nitrogens with one attached hydrogen (secondary N) is 1. The molecule has 1 atom stereocenters. The Morgan fingerprint density at radius 2 is 2.35 bits per heavy atom. The summed E-state index contributed by atoms with van der Waals surface area (Å²) in [5, 5.41) is 13.9. The predicted molar refractivity (Wildman–Crippen MR) is 75.2 cm³/mol. The molecule has 20 heavy (non-hydrogen) atoms. The van der Waals surface area contributed by atoms with Crippen LogP contribution in [-0.4, -0.2) is 35.9 Å². The van der Waals surface area contributed by atoms with E-state index in [1.165, 1.54) is 6.07 Å². The van der Waals surface area contributed by atoms with Gasteiger partial charge in [-0.15, -0.1) is 0 Å². The minimum absolute atomic E-state index is 0.0654. The second-order valence-corrected chi connectivity index (χ2v) is 4.94. The molecule has 108 valence electrons. The number of nitrogens with two attached hydrogens (primary N) is 1. The first-order valence-corrected chi connectivity index (χ1v) is 6.48. The van der Waals surface area contributed by atoms with Crippen LogP contribution in [-0.2, 0) is 11.3 Å². The van der Waals surface area contributed by atoms with E-state index in [1.807, 2.05) is 6.07 Å². The summed E-state index contributed by atoms with van der Waals surface area (Å²) in [6, 6.07) is 5.01. The molecule has 1 aliphatic heterocycles. The molecule has 1 aliphatic rings. The number of nitro benzene ring substituents is 1. The summed E-state index contributed by atoms with van der Waals surface area (Å²) >= 11 is 0. The summed E-state index contributed by atoms with van der Waals surface area (Å²) in [7, 11) is 1.67. The summed E-state index contributed by atoms with van der Waals surface area (Å²) in [6.07, 6.45) is 0.749. The summed E-state index contributed by atoms with van der Waals surface area (Å²) in [5.41, 5.74) is 6.75. The van der Waals surface area contributed by atoms with Gasteiger partial charge in [-0.1, -0.05) is 12.1 Å². The van der Waals surface area contributed by atoms with Gasteiger partial charge in [0.15, 0.2) is 0 Å². The standard InChI is InChI=1S/C13H18N4O3/c1-15-12-9(3-2-4-11(12)17(19)20)7-16-6-5-10(8-16)13(14)18/h2-4,10,15H,5-8H2,1H3,(H2,14,18). The molecule has 7 heteroatoms. The highest BCUT2D eigenvalue weighted by Crippen LogP contribution is 2.30. The van der Waals surface area contributed by atoms with Gasteiger partial charge in [-0.05, 0) is 18.5 Å². The van der Waals surface area contributed by atoms with Crippen LogP contribution in [0.4, 0.5) is 11.4 Å². The Kier molecular flexibility index (Phi) is 4.19. The summed E-state index contributed by atoms with van der Waals surface area (Å²) in [5.74, 6) is -0.396. The molecule has 1 unspecified atom stereocenters. The van der Waals surface area contributed by atoms with Crippen molar-refractivity contribution in [2.75, 3.05) is 25.5 Å². The number of hydrogen-bond acceptors (Lipinski definition) is 5. The Bertz CT molecular complexity index is 532. The van der Waals surface area contributed by atoms with E-state index in [1.54, 1.807) is 13.1 Å². The Labute approximate surface area is 116 Å². The monoisotopic (exact) mass is 278 g/mol. The van der Waals surface area contributed by atoms with E-state index in [0.717, 1.165) is 18.5 Å². The number of anilines is 1. The fraction of sp³-hybridized carbons (Fsp3) is 0.462. The number of likely N-dealkylation sites (tertiary alicyclic amines) is 1. The van der Waals surface area contributed by atoms with Crippen LogP contribution in [0.2, 0.25) is 0 Å². The third-order valence-electron chi connectivity index (χ3n) is 3.64. The van der Waals surface area contributed by atoms with Crippen molar-refractivity contribution >= 4 is 17.3 Å². The zero-order chi connectivity index (χ0) is 14.7. The average molecular weight is 278 g/mol. The maximum atomic E-state index is 11.2. The van der Waals surface area contributed by atoms with Crippen molar-refractivity contribution in [2.24, 2.45) is 11.7 Å². The van der Waals surface area contributed by atoms with Gasteiger partial charge >= 0.3 is 0 Å². The molecule has 0 radical (unpaired) electrons. The molecule has 1 aromatic carbocycles. The number of benzene rings is 1. The minimum atomic E-state index is -0.397. The van der Waals surface area contributed by atoms with Crippen LogP contribution in [0.3, 0.4) is 0 Å². The molecule has 0 spiro atoms. The Morgan fingerprint density at radius 3 is 2.90 bits per heavy atom. The molecule has 2 rings (SSSR count). The van der Waals surface area contributed by atoms with E-state index >= 15 is 0 Å². The highest BCUT2D eigenvalue weighted by atomic mass is 16.6. The average Bonchev–Trinajstić information content (AvgIpc) is 2.87. The van der Waals surface area contributed by atoms with Crippen molar-refractivity contribution in [3.05, 3.63) is 33.9 Å². The maximum Gasteiger partial charge on any atom is 0.292 e. The molecule has 0 bridgehead atoms. The van der Waals surface area contributed by atoms with Crippen molar-refractivity contribution < 1.29 is 9.72 Å². The van der Waals surface area contributed by atoms with Gasteiger partial charge in [-0.25, -0.2) is 0 Å². The fourth-order valence-electron chi connectivity index (χ4n) is 2.61. The lowest BCUT2D eigenvalue weighted by atomic mass is 10.1. The van der Waals surface area contributed by atoms with Gasteiger partial charge in [0.2, 0.25) is 5.91 Å². The first-order chi connectivity index (χ1) is 9.52. The number of primary amides is 1. The molecule has 1 aromatic rings. The van der Waals surface area contributed by atoms with E-state index < -0.39 is 4.92 Å². The first kappa shape index (κ1) is 14.3. The molecule has 3 N–H and O–H groups in total. The number of nitrogens with zero attached hydrogens (tertiary/aromatic N) is 2. The van der Waals surface area contributed by atoms with Crippen LogP contribution in [0.5, 0.6) is 0 Å². The summed E-state index contributed by atoms with van der Waals surface area (Å²) in [6.45, 7) is 1.96. The molecule has 0 aromatic heterocycles. The number of carbonyl (C=O) groups is 1. The summed E-state index contributed by atoms with van der Waals surface area (Å²) < 4.78 is 0. The number of amides is 1. The van der Waals surface area contributed by atoms with E-state index in [4.69, 9.17) is 5.73 Å². The van der Waals surface area contributed by atoms with Gasteiger partial charge in [-0.2, -0.15) is 0 Å². The largest absolute Gasteiger partial charge is 0.382 e. The first-order valence-electron chi connectivity index (χ1n) is 6.48. The Balaban J connectivity index is 2.16. The van der Waals surface area contributed by atoms with Crippen molar-refractivity contribution in [1.29, 1.82) is 0 Å². The van der Waals surface area contributed by atoms with E-state index in [9.17, 15) is 14.9 Å². The normalized spacial score (nSPS) is 18.9. The molecular weight excluding hydrogens is 260 g/mol. The maximum absolute atomic E-state index is 11.2. The molecule has 7 nitrogen and oxygen atoms in total. The SMILES string of the molecule is CNc1c(CN2CCC(C(N)=O)C2)cccc1[N+](=O)[O-]. The zero-order valence-corrected chi connectivity index (χ0v) is 11.3. The topological polar surface area (TPSA) is 102 Å². The smallest absolute Gasteiger partial charge is 0.292 e. The number of carbonyl (C=O) groups excluding carboxylic acids is 1. The van der Waals surface area contributed by atoms with Gasteiger partial charge < -0.3 is 11.1 Å². The lowest BCUT2D eigenvalue weighted by Crippen LogP contribution is -2.27. The van der Waals surface area contributed by atoms with E-state index in [2.05, 4.69) is 10.2 Å². The molecule has 1 saturated heterocycles. The molecule has 0 saturated carbocycles. The predicted octanol–water partition coefficient (Wildman–Crippen LogP) is 0.944. The summed E-state index contributed by atoms with van der Waals surface area (Å²) in [4.78, 5) is 23.9. The van der Waals surface area contributed by atoms with Crippen LogP contribution >= 0.6 is 0 Å². The van der Waals surface area contributed by atoms with Gasteiger partial charge in [-0.3, -0.25) is 19.8 Å². The van der Waals surface area contributed by atoms with Crippen LogP contribution in [0, 0.1) is 16.0 Å². The van der Waals surface area contributed by atoms with Crippen LogP contribution in [0.1, 0.15) is 12.0 Å². The van der Waals surface area contributed by atoms with Crippen LogP contribution < -0.4 is 11.1 Å². The van der Waals surface area contributed by atoms with Gasteiger partial charge in [0.1, 0.15) is 5.69 Å². The zero-order valence-electron chi connectivity index (χ0n) is 11.3. The fourth-order valence-corrected chi connectivity index (χ4v) is 2.61. The van der Waals surface area contributed by atoms with Gasteiger partial charge in [0, 0.05) is 26.2 Å². The Morgan fingerprint density at radius 1 is 1.60 bits per heavy atom. The van der Waals surface area contributed by atoms with Crippen molar-refractivity contribution in [3.8, 4) is 0 Å². The molecular formula is C13H18N4O3. The van der Waals surface area contributed by atoms with Crippen LogP contribution in [0.15, 0.2) is 18.2 Å². The Hall–Kier alpha value is -2.15. The second kappa shape index (κ2) is 5.87. The van der Waals surface area contributed by atoms with E-state index in [-0.39, 0.29) is 17.5 Å². The quantitative estimate of drug-likeness (QED) is 0.616. The van der Waals surface area contributed by atoms with E-state index in [0.29, 0.717) is 18.8 Å². The number of rotatable bonds is 5. The molecule has 1 heterocycles. The minimum Gasteiger partial charge on any atom is -0.382 e. The van der Waals surface area contributed by atoms with Crippen LogP contribution in [0.25, 0.3) is 0 Å². The van der Waals surface area contributed by atoms with Crippen molar-refractivity contribution in [1.82, 2.24) is 4.90 Å². The molecule has 1 fully saturated rings. The van der Waals surface area contributed by atoms with Gasteiger partial charge in [0.05, 0.1) is 10.8 Å². The van der Waals surface area contributed by atoms with Crippen molar-refractivity contribution in [3.63, 3.8) is 0 Å². The molecule has 0 aliphatic carbocycles. The third kappa shape index (κ3) is 2.88. The lowest BCUT2D eigenvalue weighted by Gasteiger charge is -2.17.